The topological polar surface area (TPSA) is 78.0 Å². The Morgan fingerprint density at radius 1 is 1.35 bits per heavy atom. The molecule has 1 aromatic heterocycles. The lowest BCUT2D eigenvalue weighted by Crippen LogP contribution is -1.90. The van der Waals surface area contributed by atoms with Gasteiger partial charge in [0.05, 0.1) is 12.3 Å². The SMILES string of the molecule is [C-]#[N+]c1c(CCC)n[nH]c1/N=N/c1cc(C(C)CC)ccc1O. The molecule has 1 unspecified atom stereocenters. The molecule has 2 rings (SSSR count). The largest absolute Gasteiger partial charge is 0.506 e. The second kappa shape index (κ2) is 7.54. The van der Waals surface area contributed by atoms with Crippen molar-refractivity contribution < 1.29 is 5.11 Å². The van der Waals surface area contributed by atoms with E-state index in [0.29, 0.717) is 28.8 Å². The first kappa shape index (κ1) is 16.7. The van der Waals surface area contributed by atoms with Gasteiger partial charge in [-0.25, -0.2) is 4.85 Å². The van der Waals surface area contributed by atoms with Crippen LogP contribution in [-0.2, 0) is 6.42 Å². The zero-order valence-electron chi connectivity index (χ0n) is 13.7. The van der Waals surface area contributed by atoms with Crippen molar-refractivity contribution in [2.45, 2.75) is 46.0 Å². The number of hydrogen-bond donors (Lipinski definition) is 2. The maximum absolute atomic E-state index is 9.94. The minimum atomic E-state index is 0.0680. The number of H-pyrrole nitrogens is 1. The number of nitrogens with one attached hydrogen (secondary N) is 1. The summed E-state index contributed by atoms with van der Waals surface area (Å²) in [7, 11) is 0. The molecule has 0 saturated carbocycles. The third-order valence-electron chi connectivity index (χ3n) is 3.83. The van der Waals surface area contributed by atoms with Gasteiger partial charge >= 0.3 is 0 Å². The Morgan fingerprint density at radius 3 is 2.78 bits per heavy atom. The number of benzene rings is 1. The number of azo groups is 1. The van der Waals surface area contributed by atoms with E-state index in [1.54, 1.807) is 6.07 Å². The van der Waals surface area contributed by atoms with Crippen LogP contribution in [0, 0.1) is 6.57 Å². The lowest BCUT2D eigenvalue weighted by atomic mass is 9.98. The van der Waals surface area contributed by atoms with Gasteiger partial charge in [-0.15, -0.1) is 10.2 Å². The minimum Gasteiger partial charge on any atom is -0.506 e. The second-order valence-corrected chi connectivity index (χ2v) is 5.49. The summed E-state index contributed by atoms with van der Waals surface area (Å²) in [5.74, 6) is 0.780. The Labute approximate surface area is 136 Å². The van der Waals surface area contributed by atoms with Crippen LogP contribution in [0.1, 0.15) is 50.8 Å². The van der Waals surface area contributed by atoms with Gasteiger partial charge in [0, 0.05) is 0 Å². The molecule has 0 fully saturated rings. The molecule has 0 aliphatic carbocycles. The van der Waals surface area contributed by atoms with Gasteiger partial charge in [0.1, 0.15) is 11.4 Å². The molecule has 0 amide bonds. The number of aromatic hydroxyl groups is 1. The highest BCUT2D eigenvalue weighted by atomic mass is 16.3. The predicted octanol–water partition coefficient (Wildman–Crippen LogP) is 5.55. The van der Waals surface area contributed by atoms with E-state index >= 15 is 0 Å². The highest BCUT2D eigenvalue weighted by Gasteiger charge is 2.13. The summed E-state index contributed by atoms with van der Waals surface area (Å²) >= 11 is 0. The maximum Gasteiger partial charge on any atom is 0.254 e. The normalized spacial score (nSPS) is 12.4. The van der Waals surface area contributed by atoms with Crippen LogP contribution in [0.15, 0.2) is 28.4 Å². The molecule has 23 heavy (non-hydrogen) atoms. The quantitative estimate of drug-likeness (QED) is 0.542. The molecule has 0 aliphatic heterocycles. The summed E-state index contributed by atoms with van der Waals surface area (Å²) in [6, 6.07) is 5.34. The fourth-order valence-electron chi connectivity index (χ4n) is 2.23. The molecule has 1 atom stereocenters. The van der Waals surface area contributed by atoms with Gasteiger partial charge in [-0.2, -0.15) is 5.10 Å². The van der Waals surface area contributed by atoms with Gasteiger partial charge in [0.15, 0.2) is 5.82 Å². The lowest BCUT2D eigenvalue weighted by Gasteiger charge is -2.09. The zero-order chi connectivity index (χ0) is 16.8. The van der Waals surface area contributed by atoms with Gasteiger partial charge in [-0.3, -0.25) is 5.10 Å². The lowest BCUT2D eigenvalue weighted by molar-refractivity contribution is 0.476. The van der Waals surface area contributed by atoms with E-state index in [9.17, 15) is 5.11 Å². The number of aryl methyl sites for hydroxylation is 1. The molecular formula is C17H21N5O. The van der Waals surface area contributed by atoms with Gasteiger partial charge < -0.3 is 5.11 Å². The third kappa shape index (κ3) is 3.75. The number of phenolic OH excluding ortho intramolecular Hbond substituents is 1. The number of aromatic nitrogens is 2. The van der Waals surface area contributed by atoms with Crippen molar-refractivity contribution in [1.29, 1.82) is 0 Å². The molecule has 0 spiro atoms. The summed E-state index contributed by atoms with van der Waals surface area (Å²) in [5.41, 5.74) is 2.59. The van der Waals surface area contributed by atoms with Gasteiger partial charge in [-0.1, -0.05) is 33.3 Å². The standard InChI is InChI=1S/C17H21N5O/c1-5-7-13-16(18-4)17(21-19-13)22-20-14-10-12(11(3)6-2)8-9-15(14)23/h8-11,23H,5-7H2,1-3H3,(H,19,21)/b22-20+. The minimum absolute atomic E-state index is 0.0680. The second-order valence-electron chi connectivity index (χ2n) is 5.49. The maximum atomic E-state index is 9.94. The van der Waals surface area contributed by atoms with Gasteiger partial charge in [0.2, 0.25) is 0 Å². The highest BCUT2D eigenvalue weighted by molar-refractivity contribution is 5.65. The van der Waals surface area contributed by atoms with Crippen molar-refractivity contribution in [3.05, 3.63) is 40.9 Å². The molecule has 2 N–H and O–H groups in total. The van der Waals surface area contributed by atoms with Crippen molar-refractivity contribution in [2.75, 3.05) is 0 Å². The number of hydrogen-bond acceptors (Lipinski definition) is 4. The molecule has 6 heteroatoms. The molecule has 0 aliphatic rings. The van der Waals surface area contributed by atoms with Crippen LogP contribution in [-0.4, -0.2) is 15.3 Å². The summed E-state index contributed by atoms with van der Waals surface area (Å²) in [4.78, 5) is 3.48. The van der Waals surface area contributed by atoms with Crippen LogP contribution in [0.4, 0.5) is 17.2 Å². The zero-order valence-corrected chi connectivity index (χ0v) is 13.7. The van der Waals surface area contributed by atoms with Gasteiger partial charge in [0.25, 0.3) is 5.69 Å². The predicted molar refractivity (Wildman–Crippen MR) is 89.8 cm³/mol. The number of nitrogens with zero attached hydrogens (tertiary/aromatic N) is 4. The fraction of sp³-hybridized carbons (Fsp3) is 0.412. The van der Waals surface area contributed by atoms with Crippen LogP contribution in [0.3, 0.4) is 0 Å². The Kier molecular flexibility index (Phi) is 5.47. The molecule has 0 radical (unpaired) electrons. The van der Waals surface area contributed by atoms with Crippen molar-refractivity contribution in [3.63, 3.8) is 0 Å². The van der Waals surface area contributed by atoms with Crippen molar-refractivity contribution in [3.8, 4) is 5.75 Å². The molecule has 2 aromatic rings. The van der Waals surface area contributed by atoms with E-state index < -0.39 is 0 Å². The van der Waals surface area contributed by atoms with E-state index in [-0.39, 0.29) is 5.75 Å². The summed E-state index contributed by atoms with van der Waals surface area (Å²) in [5, 5.41) is 25.0. The fourth-order valence-corrected chi connectivity index (χ4v) is 2.23. The third-order valence-corrected chi connectivity index (χ3v) is 3.83. The molecule has 1 heterocycles. The van der Waals surface area contributed by atoms with E-state index in [2.05, 4.69) is 39.1 Å². The van der Waals surface area contributed by atoms with Crippen molar-refractivity contribution >= 4 is 17.2 Å². The molecular weight excluding hydrogens is 290 g/mol. The first-order valence-electron chi connectivity index (χ1n) is 7.80. The summed E-state index contributed by atoms with van der Waals surface area (Å²) < 4.78 is 0. The van der Waals surface area contributed by atoms with Gasteiger partial charge in [-0.05, 0) is 36.5 Å². The highest BCUT2D eigenvalue weighted by Crippen LogP contribution is 2.35. The smallest absolute Gasteiger partial charge is 0.254 e. The molecule has 0 bridgehead atoms. The van der Waals surface area contributed by atoms with E-state index in [1.165, 1.54) is 0 Å². The molecule has 1 aromatic carbocycles. The molecule has 120 valence electrons. The van der Waals surface area contributed by atoms with E-state index in [4.69, 9.17) is 6.57 Å². The van der Waals surface area contributed by atoms with Crippen LogP contribution in [0.2, 0.25) is 0 Å². The Balaban J connectivity index is 2.32. The Hall–Kier alpha value is -2.68. The van der Waals surface area contributed by atoms with E-state index in [1.807, 2.05) is 19.1 Å². The average molecular weight is 311 g/mol. The molecule has 6 nitrogen and oxygen atoms in total. The van der Waals surface area contributed by atoms with E-state index in [0.717, 1.165) is 24.8 Å². The van der Waals surface area contributed by atoms with Crippen molar-refractivity contribution in [1.82, 2.24) is 10.2 Å². The monoisotopic (exact) mass is 311 g/mol. The Bertz CT molecular complexity index is 742. The van der Waals surface area contributed by atoms with Crippen molar-refractivity contribution in [2.24, 2.45) is 10.2 Å². The number of phenols is 1. The van der Waals surface area contributed by atoms with Crippen LogP contribution in [0.25, 0.3) is 4.85 Å². The average Bonchev–Trinajstić information content (AvgIpc) is 2.95. The Morgan fingerprint density at radius 2 is 2.13 bits per heavy atom. The first-order chi connectivity index (χ1) is 11.1. The number of aromatic amines is 1. The summed E-state index contributed by atoms with van der Waals surface area (Å²) in [6.07, 6.45) is 2.63. The molecule has 0 saturated heterocycles. The number of rotatable bonds is 6. The van der Waals surface area contributed by atoms with Crippen LogP contribution < -0.4 is 0 Å². The first-order valence-corrected chi connectivity index (χ1v) is 7.80. The summed E-state index contributed by atoms with van der Waals surface area (Å²) in [6.45, 7) is 13.5. The van der Waals surface area contributed by atoms with Crippen LogP contribution >= 0.6 is 0 Å². The van der Waals surface area contributed by atoms with Crippen LogP contribution in [0.5, 0.6) is 5.75 Å².